The number of amides is 2. The first-order valence-corrected chi connectivity index (χ1v) is 9.29. The van der Waals surface area contributed by atoms with E-state index >= 15 is 0 Å². The topological polar surface area (TPSA) is 75.5 Å². The molecule has 6 nitrogen and oxygen atoms in total. The molecule has 0 aliphatic carbocycles. The maximum absolute atomic E-state index is 11.8. The highest BCUT2D eigenvalue weighted by atomic mass is 35.5. The van der Waals surface area contributed by atoms with Gasteiger partial charge in [-0.3, -0.25) is 9.59 Å². The van der Waals surface area contributed by atoms with Crippen LogP contribution in [-0.2, 0) is 9.59 Å². The highest BCUT2D eigenvalue weighted by molar-refractivity contribution is 6.43. The van der Waals surface area contributed by atoms with Crippen molar-refractivity contribution >= 4 is 41.2 Å². The normalized spacial score (nSPS) is 12.2. The van der Waals surface area contributed by atoms with E-state index in [1.165, 1.54) is 6.21 Å². The lowest BCUT2D eigenvalue weighted by atomic mass is 10.2. The highest BCUT2D eigenvalue weighted by Crippen LogP contribution is 2.31. The molecule has 2 amide bonds. The van der Waals surface area contributed by atoms with Gasteiger partial charge in [0, 0.05) is 23.0 Å². The number of rotatable bonds is 5. The van der Waals surface area contributed by atoms with Crippen molar-refractivity contribution in [3.63, 3.8) is 0 Å². The Labute approximate surface area is 168 Å². The van der Waals surface area contributed by atoms with Gasteiger partial charge in [0.05, 0.1) is 21.9 Å². The van der Waals surface area contributed by atoms with Gasteiger partial charge in [0.2, 0.25) is 0 Å². The summed E-state index contributed by atoms with van der Waals surface area (Å²) in [5, 5.41) is 7.39. The van der Waals surface area contributed by atoms with E-state index in [9.17, 15) is 9.59 Å². The second-order valence-electron chi connectivity index (χ2n) is 6.22. The Morgan fingerprint density at radius 2 is 1.96 bits per heavy atom. The van der Waals surface area contributed by atoms with E-state index in [0.717, 1.165) is 29.1 Å². The molecule has 144 valence electrons. The second-order valence-corrected chi connectivity index (χ2v) is 7.00. The van der Waals surface area contributed by atoms with Crippen LogP contribution in [0.25, 0.3) is 5.69 Å². The molecule has 1 heterocycles. The zero-order valence-electron chi connectivity index (χ0n) is 15.6. The quantitative estimate of drug-likeness (QED) is 0.448. The Morgan fingerprint density at radius 1 is 1.26 bits per heavy atom. The molecule has 2 aromatic rings. The van der Waals surface area contributed by atoms with Crippen LogP contribution < -0.4 is 10.7 Å². The molecule has 2 N–H and O–H groups in total. The van der Waals surface area contributed by atoms with Crippen molar-refractivity contribution in [3.8, 4) is 5.69 Å². The van der Waals surface area contributed by atoms with E-state index in [1.807, 2.05) is 50.5 Å². The van der Waals surface area contributed by atoms with E-state index in [2.05, 4.69) is 15.8 Å². The van der Waals surface area contributed by atoms with Crippen LogP contribution in [0, 0.1) is 13.8 Å². The van der Waals surface area contributed by atoms with Crippen LogP contribution in [0.15, 0.2) is 29.4 Å². The third kappa shape index (κ3) is 4.90. The van der Waals surface area contributed by atoms with Crippen LogP contribution in [-0.4, -0.2) is 28.6 Å². The first-order valence-electron chi connectivity index (χ1n) is 8.53. The molecule has 0 radical (unpaired) electrons. The lowest BCUT2D eigenvalue weighted by molar-refractivity contribution is -0.139. The smallest absolute Gasteiger partial charge is 0.329 e. The number of carbonyl (C=O) groups is 2. The van der Waals surface area contributed by atoms with E-state index in [1.54, 1.807) is 6.07 Å². The molecular formula is C19H22Cl2N4O2. The molecular weight excluding hydrogens is 387 g/mol. The summed E-state index contributed by atoms with van der Waals surface area (Å²) in [6, 6.07) is 7.25. The first-order chi connectivity index (χ1) is 12.8. The number of aryl methyl sites for hydroxylation is 1. The van der Waals surface area contributed by atoms with Gasteiger partial charge in [-0.15, -0.1) is 0 Å². The predicted octanol–water partition coefficient (Wildman–Crippen LogP) is 3.77. The molecule has 0 bridgehead atoms. The fraction of sp³-hybridized carbons (Fsp3) is 0.316. The molecule has 0 saturated heterocycles. The third-order valence-corrected chi connectivity index (χ3v) is 5.02. The number of carbonyl (C=O) groups excluding carboxylic acids is 2. The standard InChI is InChI=1S/C19H22Cl2N4O2/c1-5-11(2)23-18(26)19(27)24-22-10-14-9-12(3)25(13(14)4)16-8-6-7-15(20)17(16)21/h6-11H,5H2,1-4H3,(H,23,26)(H,24,27)/b22-10-/t11-/m0/s1. The van der Waals surface area contributed by atoms with Crippen molar-refractivity contribution in [1.82, 2.24) is 15.3 Å². The third-order valence-electron chi connectivity index (χ3n) is 4.21. The van der Waals surface area contributed by atoms with E-state index < -0.39 is 11.8 Å². The number of hydrogen-bond acceptors (Lipinski definition) is 3. The summed E-state index contributed by atoms with van der Waals surface area (Å²) in [5.74, 6) is -1.52. The summed E-state index contributed by atoms with van der Waals surface area (Å²) in [6.07, 6.45) is 2.23. The SMILES string of the molecule is CC[C@H](C)NC(=O)C(=O)N/N=C\c1cc(C)n(-c2cccc(Cl)c2Cl)c1C. The monoisotopic (exact) mass is 408 g/mol. The number of nitrogens with one attached hydrogen (secondary N) is 2. The molecule has 27 heavy (non-hydrogen) atoms. The molecule has 8 heteroatoms. The maximum atomic E-state index is 11.8. The summed E-state index contributed by atoms with van der Waals surface area (Å²) in [5.41, 5.74) is 5.59. The molecule has 0 spiro atoms. The number of hydrogen-bond donors (Lipinski definition) is 2. The number of benzene rings is 1. The van der Waals surface area contributed by atoms with Gasteiger partial charge in [-0.2, -0.15) is 5.10 Å². The number of aromatic nitrogens is 1. The second kappa shape index (κ2) is 9.06. The van der Waals surface area contributed by atoms with Crippen LogP contribution in [0.4, 0.5) is 0 Å². The maximum Gasteiger partial charge on any atom is 0.329 e. The van der Waals surface area contributed by atoms with Crippen molar-refractivity contribution in [2.24, 2.45) is 5.10 Å². The van der Waals surface area contributed by atoms with Crippen LogP contribution in [0.1, 0.15) is 37.2 Å². The molecule has 0 aliphatic heterocycles. The summed E-state index contributed by atoms with van der Waals surface area (Å²) in [6.45, 7) is 7.58. The Balaban J connectivity index is 2.17. The molecule has 1 atom stereocenters. The Hall–Kier alpha value is -2.31. The fourth-order valence-electron chi connectivity index (χ4n) is 2.56. The van der Waals surface area contributed by atoms with Crippen molar-refractivity contribution in [1.29, 1.82) is 0 Å². The minimum absolute atomic E-state index is 0.0754. The van der Waals surface area contributed by atoms with Crippen LogP contribution in [0.2, 0.25) is 10.0 Å². The van der Waals surface area contributed by atoms with Crippen LogP contribution >= 0.6 is 23.2 Å². The average molecular weight is 409 g/mol. The molecule has 2 rings (SSSR count). The lowest BCUT2D eigenvalue weighted by Crippen LogP contribution is -2.41. The number of nitrogens with zero attached hydrogens (tertiary/aromatic N) is 2. The molecule has 1 aromatic heterocycles. The van der Waals surface area contributed by atoms with Gasteiger partial charge in [0.15, 0.2) is 0 Å². The van der Waals surface area contributed by atoms with Crippen molar-refractivity contribution in [2.45, 2.75) is 40.2 Å². The van der Waals surface area contributed by atoms with E-state index in [4.69, 9.17) is 23.2 Å². The average Bonchev–Trinajstić information content (AvgIpc) is 2.91. The minimum atomic E-state index is -0.807. The van der Waals surface area contributed by atoms with Crippen LogP contribution in [0.3, 0.4) is 0 Å². The van der Waals surface area contributed by atoms with Crippen molar-refractivity contribution < 1.29 is 9.59 Å². The Kier molecular flexibility index (Phi) is 7.05. The van der Waals surface area contributed by atoms with Gasteiger partial charge in [-0.1, -0.05) is 36.2 Å². The van der Waals surface area contributed by atoms with E-state index in [0.29, 0.717) is 10.0 Å². The lowest BCUT2D eigenvalue weighted by Gasteiger charge is -2.12. The van der Waals surface area contributed by atoms with Crippen molar-refractivity contribution in [2.75, 3.05) is 0 Å². The largest absolute Gasteiger partial charge is 0.345 e. The van der Waals surface area contributed by atoms with Gasteiger partial charge >= 0.3 is 11.8 Å². The Bertz CT molecular complexity index is 890. The number of hydrazone groups is 1. The minimum Gasteiger partial charge on any atom is -0.345 e. The van der Waals surface area contributed by atoms with Gasteiger partial charge < -0.3 is 9.88 Å². The summed E-state index contributed by atoms with van der Waals surface area (Å²) in [4.78, 5) is 23.5. The van der Waals surface area contributed by atoms with Gasteiger partial charge in [0.25, 0.3) is 0 Å². The van der Waals surface area contributed by atoms with Gasteiger partial charge in [0.1, 0.15) is 0 Å². The predicted molar refractivity (Wildman–Crippen MR) is 109 cm³/mol. The fourth-order valence-corrected chi connectivity index (χ4v) is 2.94. The molecule has 0 saturated carbocycles. The summed E-state index contributed by atoms with van der Waals surface area (Å²) in [7, 11) is 0. The molecule has 0 aliphatic rings. The molecule has 0 unspecified atom stereocenters. The first kappa shape index (κ1) is 21.0. The van der Waals surface area contributed by atoms with Gasteiger partial charge in [-0.25, -0.2) is 5.43 Å². The summed E-state index contributed by atoms with van der Waals surface area (Å²) >= 11 is 12.4. The Morgan fingerprint density at radius 3 is 2.63 bits per heavy atom. The van der Waals surface area contributed by atoms with Gasteiger partial charge in [-0.05, 0) is 45.4 Å². The number of halogens is 2. The zero-order chi connectivity index (χ0) is 20.1. The summed E-state index contributed by atoms with van der Waals surface area (Å²) < 4.78 is 1.95. The van der Waals surface area contributed by atoms with E-state index in [-0.39, 0.29) is 6.04 Å². The van der Waals surface area contributed by atoms with Crippen LogP contribution in [0.5, 0.6) is 0 Å². The zero-order valence-corrected chi connectivity index (χ0v) is 17.1. The molecule has 0 fully saturated rings. The highest BCUT2D eigenvalue weighted by Gasteiger charge is 2.15. The molecule has 1 aromatic carbocycles. The van der Waals surface area contributed by atoms with Crippen molar-refractivity contribution in [3.05, 3.63) is 51.3 Å².